The Balaban J connectivity index is 2.32. The third kappa shape index (κ3) is 6.47. The zero-order valence-electron chi connectivity index (χ0n) is 10.5. The first-order chi connectivity index (χ1) is 8.53. The van der Waals surface area contributed by atoms with E-state index in [-0.39, 0.29) is 5.75 Å². The van der Waals surface area contributed by atoms with Gasteiger partial charge in [-0.15, -0.1) is 0 Å². The fraction of sp³-hybridized carbons (Fsp3) is 0.583. The number of alkyl halides is 1. The van der Waals surface area contributed by atoms with E-state index in [2.05, 4.69) is 32.6 Å². The smallest absolute Gasteiger partial charge is 0.211 e. The Hall–Kier alpha value is -0.460. The average molecular weight is 335 g/mol. The van der Waals surface area contributed by atoms with E-state index in [4.69, 9.17) is 0 Å². The molecule has 4 nitrogen and oxygen atoms in total. The third-order valence-corrected chi connectivity index (χ3v) is 5.07. The standard InChI is InChI=1S/C12H19BrN2O2S/c1-2-11(13)6-9-15-18(16,17)10-7-12-5-3-4-8-14-12/h3-5,8,11,15H,2,6-7,9-10H2,1H3. The molecule has 1 aromatic rings. The van der Waals surface area contributed by atoms with Crippen molar-refractivity contribution >= 4 is 26.0 Å². The number of nitrogens with one attached hydrogen (secondary N) is 1. The Bertz CT molecular complexity index is 437. The van der Waals surface area contributed by atoms with E-state index in [0.717, 1.165) is 18.5 Å². The highest BCUT2D eigenvalue weighted by Crippen LogP contribution is 2.08. The van der Waals surface area contributed by atoms with Crippen LogP contribution in [0, 0.1) is 0 Å². The Kier molecular flexibility index (Phi) is 6.81. The van der Waals surface area contributed by atoms with Crippen molar-refractivity contribution in [3.63, 3.8) is 0 Å². The molecule has 0 aliphatic heterocycles. The fourth-order valence-corrected chi connectivity index (χ4v) is 2.71. The molecule has 0 aliphatic rings. The summed E-state index contributed by atoms with van der Waals surface area (Å²) in [5, 5.41) is 0. The van der Waals surface area contributed by atoms with E-state index in [9.17, 15) is 8.42 Å². The van der Waals surface area contributed by atoms with E-state index in [1.54, 1.807) is 6.20 Å². The molecular formula is C12H19BrN2O2S. The Morgan fingerprint density at radius 2 is 2.22 bits per heavy atom. The lowest BCUT2D eigenvalue weighted by atomic mass is 10.2. The van der Waals surface area contributed by atoms with E-state index in [0.29, 0.717) is 17.8 Å². The van der Waals surface area contributed by atoms with E-state index in [1.807, 2.05) is 18.2 Å². The average Bonchev–Trinajstić information content (AvgIpc) is 2.37. The second-order valence-corrected chi connectivity index (χ2v) is 7.30. The molecule has 0 radical (unpaired) electrons. The first-order valence-electron chi connectivity index (χ1n) is 6.05. The van der Waals surface area contributed by atoms with Crippen molar-refractivity contribution in [1.29, 1.82) is 0 Å². The quantitative estimate of drug-likeness (QED) is 0.740. The molecule has 1 unspecified atom stereocenters. The van der Waals surface area contributed by atoms with Gasteiger partial charge < -0.3 is 0 Å². The number of aryl methyl sites for hydroxylation is 1. The second-order valence-electron chi connectivity index (χ2n) is 4.08. The first-order valence-corrected chi connectivity index (χ1v) is 8.61. The van der Waals surface area contributed by atoms with Crippen molar-refractivity contribution in [2.75, 3.05) is 12.3 Å². The summed E-state index contributed by atoms with van der Waals surface area (Å²) in [6.07, 6.45) is 3.92. The van der Waals surface area contributed by atoms with Gasteiger partial charge in [-0.05, 0) is 25.0 Å². The SMILES string of the molecule is CCC(Br)CCNS(=O)(=O)CCc1ccccn1. The number of rotatable bonds is 8. The highest BCUT2D eigenvalue weighted by Gasteiger charge is 2.11. The van der Waals surface area contributed by atoms with Crippen LogP contribution < -0.4 is 4.72 Å². The number of aromatic nitrogens is 1. The summed E-state index contributed by atoms with van der Waals surface area (Å²) in [4.78, 5) is 4.48. The molecule has 0 aromatic carbocycles. The summed E-state index contributed by atoms with van der Waals surface area (Å²) >= 11 is 3.48. The van der Waals surface area contributed by atoms with Gasteiger partial charge in [0.25, 0.3) is 0 Å². The predicted molar refractivity (Wildman–Crippen MR) is 77.4 cm³/mol. The van der Waals surface area contributed by atoms with E-state index in [1.165, 1.54) is 0 Å². The molecule has 0 bridgehead atoms. The van der Waals surface area contributed by atoms with Crippen LogP contribution in [0.5, 0.6) is 0 Å². The lowest BCUT2D eigenvalue weighted by molar-refractivity contribution is 0.576. The Morgan fingerprint density at radius 3 is 2.83 bits per heavy atom. The number of pyridine rings is 1. The van der Waals surface area contributed by atoms with Gasteiger partial charge in [0.15, 0.2) is 0 Å². The van der Waals surface area contributed by atoms with Crippen molar-refractivity contribution in [3.8, 4) is 0 Å². The maximum absolute atomic E-state index is 11.7. The van der Waals surface area contributed by atoms with Crippen molar-refractivity contribution in [3.05, 3.63) is 30.1 Å². The molecule has 18 heavy (non-hydrogen) atoms. The molecule has 0 saturated carbocycles. The van der Waals surface area contributed by atoms with Crippen LogP contribution in [0.2, 0.25) is 0 Å². The molecule has 0 spiro atoms. The maximum Gasteiger partial charge on any atom is 0.211 e. The van der Waals surface area contributed by atoms with Crippen LogP contribution in [0.25, 0.3) is 0 Å². The minimum atomic E-state index is -3.19. The van der Waals surface area contributed by atoms with Crippen LogP contribution >= 0.6 is 15.9 Å². The van der Waals surface area contributed by atoms with Crippen molar-refractivity contribution in [1.82, 2.24) is 9.71 Å². The van der Waals surface area contributed by atoms with Crippen LogP contribution in [0.15, 0.2) is 24.4 Å². The fourth-order valence-electron chi connectivity index (χ4n) is 1.43. The number of hydrogen-bond acceptors (Lipinski definition) is 3. The van der Waals surface area contributed by atoms with E-state index >= 15 is 0 Å². The Morgan fingerprint density at radius 1 is 1.44 bits per heavy atom. The van der Waals surface area contributed by atoms with Gasteiger partial charge in [0, 0.05) is 29.7 Å². The molecule has 1 N–H and O–H groups in total. The summed E-state index contributed by atoms with van der Waals surface area (Å²) < 4.78 is 26.0. The van der Waals surface area contributed by atoms with Crippen LogP contribution in [-0.4, -0.2) is 30.5 Å². The molecule has 0 saturated heterocycles. The summed E-state index contributed by atoms with van der Waals surface area (Å²) in [6.45, 7) is 2.54. The molecule has 0 aliphatic carbocycles. The largest absolute Gasteiger partial charge is 0.261 e. The van der Waals surface area contributed by atoms with Crippen LogP contribution in [0.4, 0.5) is 0 Å². The zero-order chi connectivity index (χ0) is 13.4. The van der Waals surface area contributed by atoms with Gasteiger partial charge in [-0.2, -0.15) is 0 Å². The first kappa shape index (κ1) is 15.6. The summed E-state index contributed by atoms with van der Waals surface area (Å²) in [7, 11) is -3.19. The van der Waals surface area contributed by atoms with Gasteiger partial charge in [0.1, 0.15) is 0 Å². The molecule has 102 valence electrons. The third-order valence-electron chi connectivity index (χ3n) is 2.58. The highest BCUT2D eigenvalue weighted by atomic mass is 79.9. The topological polar surface area (TPSA) is 59.1 Å². The lowest BCUT2D eigenvalue weighted by Crippen LogP contribution is -2.29. The summed E-state index contributed by atoms with van der Waals surface area (Å²) in [5.41, 5.74) is 0.801. The van der Waals surface area contributed by atoms with Gasteiger partial charge in [-0.1, -0.05) is 28.9 Å². The monoisotopic (exact) mass is 334 g/mol. The van der Waals surface area contributed by atoms with Crippen LogP contribution in [0.1, 0.15) is 25.5 Å². The van der Waals surface area contributed by atoms with Gasteiger partial charge in [-0.3, -0.25) is 4.98 Å². The highest BCUT2D eigenvalue weighted by molar-refractivity contribution is 9.09. The molecule has 0 amide bonds. The molecule has 6 heteroatoms. The summed E-state index contributed by atoms with van der Waals surface area (Å²) in [5.74, 6) is 0.0864. The number of nitrogens with zero attached hydrogens (tertiary/aromatic N) is 1. The molecule has 1 heterocycles. The van der Waals surface area contributed by atoms with Gasteiger partial charge in [0.05, 0.1) is 5.75 Å². The number of halogens is 1. The normalized spacial score (nSPS) is 13.4. The number of hydrogen-bond donors (Lipinski definition) is 1. The minimum Gasteiger partial charge on any atom is -0.261 e. The predicted octanol–water partition coefficient (Wildman–Crippen LogP) is 2.11. The molecule has 1 rings (SSSR count). The van der Waals surface area contributed by atoms with Crippen molar-refractivity contribution in [2.24, 2.45) is 0 Å². The molecule has 1 aromatic heterocycles. The number of sulfonamides is 1. The maximum atomic E-state index is 11.7. The molecular weight excluding hydrogens is 316 g/mol. The minimum absolute atomic E-state index is 0.0864. The van der Waals surface area contributed by atoms with E-state index < -0.39 is 10.0 Å². The second kappa shape index (κ2) is 7.86. The van der Waals surface area contributed by atoms with Gasteiger partial charge in [0.2, 0.25) is 10.0 Å². The van der Waals surface area contributed by atoms with Crippen molar-refractivity contribution < 1.29 is 8.42 Å². The molecule has 1 atom stereocenters. The van der Waals surface area contributed by atoms with Crippen molar-refractivity contribution in [2.45, 2.75) is 31.0 Å². The Labute approximate surface area is 117 Å². The molecule has 0 fully saturated rings. The van der Waals surface area contributed by atoms with Crippen LogP contribution in [-0.2, 0) is 16.4 Å². The summed E-state index contributed by atoms with van der Waals surface area (Å²) in [6, 6.07) is 5.51. The van der Waals surface area contributed by atoms with Gasteiger partial charge in [-0.25, -0.2) is 13.1 Å². The lowest BCUT2D eigenvalue weighted by Gasteiger charge is -2.08. The van der Waals surface area contributed by atoms with Gasteiger partial charge >= 0.3 is 0 Å². The zero-order valence-corrected chi connectivity index (χ0v) is 12.9. The van der Waals surface area contributed by atoms with Crippen LogP contribution in [0.3, 0.4) is 0 Å².